The molecule has 52 heavy (non-hydrogen) atoms. The number of carbonyl (C=O) groups is 4. The van der Waals surface area contributed by atoms with E-state index in [-0.39, 0.29) is 61.4 Å². The van der Waals surface area contributed by atoms with Gasteiger partial charge in [0.25, 0.3) is 5.91 Å². The number of aryl methyl sites for hydroxylation is 2. The highest BCUT2D eigenvalue weighted by Gasteiger charge is 2.29. The fraction of sp³-hybridized carbons (Fsp3) is 0.385. The monoisotopic (exact) mass is 729 g/mol. The summed E-state index contributed by atoms with van der Waals surface area (Å²) in [6.07, 6.45) is 3.70. The highest BCUT2D eigenvalue weighted by atomic mass is 35.5. The summed E-state index contributed by atoms with van der Waals surface area (Å²) in [6.45, 7) is 6.47. The van der Waals surface area contributed by atoms with Crippen LogP contribution < -0.4 is 21.7 Å². The van der Waals surface area contributed by atoms with E-state index in [1.54, 1.807) is 24.3 Å². The molecule has 0 unspecified atom stereocenters. The normalized spacial score (nSPS) is 16.0. The number of aliphatic carboxylic acids is 1. The van der Waals surface area contributed by atoms with E-state index in [0.717, 1.165) is 53.5 Å². The van der Waals surface area contributed by atoms with E-state index in [4.69, 9.17) is 10.8 Å². The van der Waals surface area contributed by atoms with Crippen molar-refractivity contribution in [3.63, 3.8) is 0 Å². The average Bonchev–Trinajstić information content (AvgIpc) is 3.60. The molecule has 0 saturated heterocycles. The van der Waals surface area contributed by atoms with Crippen LogP contribution in [-0.2, 0) is 27.2 Å². The Hall–Kier alpha value is -5.07. The number of hydrogen-bond donors (Lipinski definition) is 6. The summed E-state index contributed by atoms with van der Waals surface area (Å²) in [4.78, 5) is 55.2. The zero-order valence-corrected chi connectivity index (χ0v) is 30.6. The Balaban J connectivity index is 0.00000605. The van der Waals surface area contributed by atoms with Crippen molar-refractivity contribution in [1.82, 2.24) is 25.8 Å². The molecule has 1 atom stereocenters. The van der Waals surface area contributed by atoms with Gasteiger partial charge in [-0.2, -0.15) is 5.10 Å². The largest absolute Gasteiger partial charge is 0.481 e. The number of halogens is 1. The first-order chi connectivity index (χ1) is 24.5. The number of amides is 3. The molecule has 12 nitrogen and oxygen atoms in total. The number of nitrogens with two attached hydrogens (primary N) is 1. The SMILES string of the molecule is Cc1ccc(C(=O)NC(C)C)cc1-c1ccc(C[C@H](NC(=O)C2CCC(CN)CC2)C(=O)Nc2ccc(-c3nc(CCC(=O)O)n[nH]3)cc2)cc1.Cl. The second-order valence-electron chi connectivity index (χ2n) is 13.6. The molecule has 0 radical (unpaired) electrons. The van der Waals surface area contributed by atoms with Gasteiger partial charge in [-0.15, -0.1) is 12.4 Å². The Morgan fingerprint density at radius 3 is 2.23 bits per heavy atom. The third-order valence-electron chi connectivity index (χ3n) is 9.33. The van der Waals surface area contributed by atoms with Crippen LogP contribution in [0.2, 0.25) is 0 Å². The van der Waals surface area contributed by atoms with Crippen molar-refractivity contribution in [3.8, 4) is 22.5 Å². The van der Waals surface area contributed by atoms with Crippen LogP contribution in [0.3, 0.4) is 0 Å². The first-order valence-corrected chi connectivity index (χ1v) is 17.5. The van der Waals surface area contributed by atoms with Crippen molar-refractivity contribution in [2.75, 3.05) is 11.9 Å². The maximum atomic E-state index is 13.8. The first kappa shape index (κ1) is 39.7. The van der Waals surface area contributed by atoms with E-state index in [1.165, 1.54) is 0 Å². The number of aromatic amines is 1. The second-order valence-corrected chi connectivity index (χ2v) is 13.6. The van der Waals surface area contributed by atoms with Crippen molar-refractivity contribution in [2.45, 2.75) is 77.8 Å². The van der Waals surface area contributed by atoms with E-state index < -0.39 is 12.0 Å². The molecule has 1 aliphatic rings. The minimum absolute atomic E-state index is 0. The molecule has 0 bridgehead atoms. The van der Waals surface area contributed by atoms with Crippen LogP contribution >= 0.6 is 12.4 Å². The van der Waals surface area contributed by atoms with Crippen LogP contribution in [0.15, 0.2) is 66.7 Å². The van der Waals surface area contributed by atoms with Gasteiger partial charge in [-0.3, -0.25) is 24.3 Å². The molecular formula is C39H48ClN7O5. The molecule has 276 valence electrons. The first-order valence-electron chi connectivity index (χ1n) is 17.5. The number of H-pyrrole nitrogens is 1. The number of carbonyl (C=O) groups excluding carboxylic acids is 3. The van der Waals surface area contributed by atoms with Gasteiger partial charge in [-0.1, -0.05) is 30.3 Å². The highest BCUT2D eigenvalue weighted by Crippen LogP contribution is 2.29. The van der Waals surface area contributed by atoms with Gasteiger partial charge in [0, 0.05) is 41.6 Å². The number of carboxylic acids is 1. The smallest absolute Gasteiger partial charge is 0.303 e. The molecule has 1 heterocycles. The van der Waals surface area contributed by atoms with Crippen LogP contribution in [0.5, 0.6) is 0 Å². The van der Waals surface area contributed by atoms with Crippen molar-refractivity contribution in [1.29, 1.82) is 0 Å². The van der Waals surface area contributed by atoms with Gasteiger partial charge >= 0.3 is 5.97 Å². The molecule has 3 aromatic carbocycles. The van der Waals surface area contributed by atoms with Gasteiger partial charge in [0.15, 0.2) is 11.6 Å². The van der Waals surface area contributed by atoms with Gasteiger partial charge < -0.3 is 26.8 Å². The third kappa shape index (κ3) is 10.7. The average molecular weight is 730 g/mol. The Bertz CT molecular complexity index is 1830. The minimum atomic E-state index is -0.920. The van der Waals surface area contributed by atoms with E-state index in [0.29, 0.717) is 35.4 Å². The third-order valence-corrected chi connectivity index (χ3v) is 9.33. The molecule has 4 aromatic rings. The molecule has 1 fully saturated rings. The number of anilines is 1. The summed E-state index contributed by atoms with van der Waals surface area (Å²) in [5, 5.41) is 24.8. The molecule has 1 aliphatic carbocycles. The lowest BCUT2D eigenvalue weighted by atomic mass is 9.81. The molecule has 1 aromatic heterocycles. The minimum Gasteiger partial charge on any atom is -0.481 e. The van der Waals surface area contributed by atoms with Crippen LogP contribution in [0.25, 0.3) is 22.5 Å². The Labute approximate surface area is 310 Å². The molecule has 3 amide bonds. The number of nitrogens with zero attached hydrogens (tertiary/aromatic N) is 2. The second kappa shape index (κ2) is 18.4. The lowest BCUT2D eigenvalue weighted by molar-refractivity contribution is -0.137. The number of nitrogens with one attached hydrogen (secondary N) is 4. The van der Waals surface area contributed by atoms with Crippen molar-refractivity contribution in [2.24, 2.45) is 17.6 Å². The summed E-state index contributed by atoms with van der Waals surface area (Å²) in [5.74, 6) is -0.361. The predicted molar refractivity (Wildman–Crippen MR) is 203 cm³/mol. The number of carboxylic acid groups (broad SMARTS) is 1. The molecule has 0 spiro atoms. The number of aromatic nitrogens is 3. The van der Waals surface area contributed by atoms with E-state index in [2.05, 4.69) is 31.1 Å². The molecular weight excluding hydrogens is 682 g/mol. The van der Waals surface area contributed by atoms with Gasteiger partial charge in [0.2, 0.25) is 11.8 Å². The van der Waals surface area contributed by atoms with Gasteiger partial charge in [0.1, 0.15) is 6.04 Å². The van der Waals surface area contributed by atoms with Crippen molar-refractivity contribution >= 4 is 41.8 Å². The molecule has 5 rings (SSSR count). The van der Waals surface area contributed by atoms with Crippen LogP contribution in [-0.4, -0.2) is 62.6 Å². The summed E-state index contributed by atoms with van der Waals surface area (Å²) < 4.78 is 0. The highest BCUT2D eigenvalue weighted by molar-refractivity contribution is 5.98. The quantitative estimate of drug-likeness (QED) is 0.0986. The summed E-state index contributed by atoms with van der Waals surface area (Å²) in [7, 11) is 0. The molecule has 13 heteroatoms. The van der Waals surface area contributed by atoms with Crippen LogP contribution in [0.4, 0.5) is 5.69 Å². The Morgan fingerprint density at radius 1 is 0.923 bits per heavy atom. The Morgan fingerprint density at radius 2 is 1.60 bits per heavy atom. The fourth-order valence-electron chi connectivity index (χ4n) is 6.33. The summed E-state index contributed by atoms with van der Waals surface area (Å²) in [6, 6.07) is 19.7. The van der Waals surface area contributed by atoms with Crippen LogP contribution in [0, 0.1) is 18.8 Å². The molecule has 0 aliphatic heterocycles. The zero-order valence-electron chi connectivity index (χ0n) is 29.8. The van der Waals surface area contributed by atoms with Crippen molar-refractivity contribution in [3.05, 3.63) is 89.2 Å². The summed E-state index contributed by atoms with van der Waals surface area (Å²) >= 11 is 0. The molecule has 7 N–H and O–H groups in total. The van der Waals surface area contributed by atoms with Gasteiger partial charge in [-0.05, 0) is 118 Å². The lowest BCUT2D eigenvalue weighted by Gasteiger charge is -2.28. The maximum absolute atomic E-state index is 13.8. The van der Waals surface area contributed by atoms with Gasteiger partial charge in [-0.25, -0.2) is 4.98 Å². The summed E-state index contributed by atoms with van der Waals surface area (Å²) in [5.41, 5.74) is 11.5. The van der Waals surface area contributed by atoms with E-state index in [9.17, 15) is 19.2 Å². The topological polar surface area (TPSA) is 192 Å². The van der Waals surface area contributed by atoms with Crippen molar-refractivity contribution < 1.29 is 24.3 Å². The number of rotatable bonds is 14. The van der Waals surface area contributed by atoms with E-state index in [1.807, 2.05) is 63.2 Å². The fourth-order valence-corrected chi connectivity index (χ4v) is 6.33. The van der Waals surface area contributed by atoms with Crippen LogP contribution in [0.1, 0.15) is 73.3 Å². The van der Waals surface area contributed by atoms with Gasteiger partial charge in [0.05, 0.1) is 6.42 Å². The maximum Gasteiger partial charge on any atom is 0.303 e. The van der Waals surface area contributed by atoms with E-state index >= 15 is 0 Å². The standard InChI is InChI=1S/C39H47N7O5.ClH/c1-23(2)41-38(50)30-9-4-24(3)32(21-30)27-10-5-25(6-11-27)20-33(43-37(49)29-12-7-26(22-40)8-13-29)39(51)42-31-16-14-28(15-17-31)36-44-34(45-46-36)18-19-35(47)48;/h4-6,9-11,14-17,21,23,26,29,33H,7-8,12-13,18-20,22,40H2,1-3H3,(H,41,50)(H,42,51)(H,43,49)(H,47,48)(H,44,45,46);1H/t26?,29?,33-;/m0./s1. The number of benzene rings is 3. The zero-order chi connectivity index (χ0) is 36.5. The lowest BCUT2D eigenvalue weighted by Crippen LogP contribution is -2.48. The number of hydrogen-bond acceptors (Lipinski definition) is 7. The Kier molecular flexibility index (Phi) is 14.1. The predicted octanol–water partition coefficient (Wildman–Crippen LogP) is 5.46. The molecule has 1 saturated carbocycles.